The van der Waals surface area contributed by atoms with Gasteiger partial charge in [0.05, 0.1) is 0 Å². The van der Waals surface area contributed by atoms with E-state index in [1.165, 1.54) is 12.3 Å². The number of rotatable bonds is 5. The molecule has 1 amide bonds. The molecular formula is C13H19N3O4S. The normalized spacial score (nSPS) is 13.8. The molecule has 21 heavy (non-hydrogen) atoms. The SMILES string of the molecule is CC(C)(C)/[N+]([O-])=C\c1ccc(C(=O)NC(CS)C(=O)O)[nH]1. The van der Waals surface area contributed by atoms with Crippen LogP contribution in [0.1, 0.15) is 37.0 Å². The molecule has 0 fully saturated rings. The molecular weight excluding hydrogens is 294 g/mol. The highest BCUT2D eigenvalue weighted by molar-refractivity contribution is 7.80. The Morgan fingerprint density at radius 3 is 2.62 bits per heavy atom. The van der Waals surface area contributed by atoms with Crippen LogP contribution in [0.2, 0.25) is 0 Å². The van der Waals surface area contributed by atoms with Gasteiger partial charge in [-0.1, -0.05) is 0 Å². The number of amides is 1. The molecule has 1 unspecified atom stereocenters. The number of aromatic amines is 1. The zero-order valence-electron chi connectivity index (χ0n) is 12.1. The van der Waals surface area contributed by atoms with E-state index in [1.54, 1.807) is 26.8 Å². The van der Waals surface area contributed by atoms with Crippen LogP contribution in [0.5, 0.6) is 0 Å². The number of carboxylic acid groups (broad SMARTS) is 1. The lowest BCUT2D eigenvalue weighted by atomic mass is 10.1. The van der Waals surface area contributed by atoms with E-state index < -0.39 is 23.5 Å². The minimum absolute atomic E-state index is 0.0148. The predicted molar refractivity (Wildman–Crippen MR) is 82.1 cm³/mol. The number of H-pyrrole nitrogens is 1. The summed E-state index contributed by atoms with van der Waals surface area (Å²) in [5.74, 6) is -1.74. The van der Waals surface area contributed by atoms with Gasteiger partial charge in [-0.25, -0.2) is 9.53 Å². The summed E-state index contributed by atoms with van der Waals surface area (Å²) in [6.45, 7) is 5.28. The largest absolute Gasteiger partial charge is 0.623 e. The second kappa shape index (κ2) is 6.66. The van der Waals surface area contributed by atoms with E-state index in [0.717, 1.165) is 4.74 Å². The van der Waals surface area contributed by atoms with Crippen molar-refractivity contribution in [2.45, 2.75) is 32.4 Å². The van der Waals surface area contributed by atoms with Crippen LogP contribution in [0, 0.1) is 5.21 Å². The highest BCUT2D eigenvalue weighted by Crippen LogP contribution is 2.07. The molecule has 116 valence electrons. The first kappa shape index (κ1) is 17.1. The van der Waals surface area contributed by atoms with Crippen molar-refractivity contribution in [3.63, 3.8) is 0 Å². The summed E-state index contributed by atoms with van der Waals surface area (Å²) >= 11 is 3.86. The minimum Gasteiger partial charge on any atom is -0.623 e. The number of nitrogens with one attached hydrogen (secondary N) is 2. The second-order valence-corrected chi connectivity index (χ2v) is 5.87. The van der Waals surface area contributed by atoms with Gasteiger partial charge in [-0.15, -0.1) is 0 Å². The van der Waals surface area contributed by atoms with Gasteiger partial charge in [-0.3, -0.25) is 4.79 Å². The van der Waals surface area contributed by atoms with Gasteiger partial charge < -0.3 is 20.6 Å². The van der Waals surface area contributed by atoms with Crippen LogP contribution in [-0.2, 0) is 4.79 Å². The number of thiol groups is 1. The molecule has 7 nitrogen and oxygen atoms in total. The molecule has 1 atom stereocenters. The molecule has 8 heteroatoms. The summed E-state index contributed by atoms with van der Waals surface area (Å²) in [6.07, 6.45) is 1.34. The van der Waals surface area contributed by atoms with Crippen LogP contribution in [-0.4, -0.2) is 50.3 Å². The van der Waals surface area contributed by atoms with Gasteiger partial charge in [-0.2, -0.15) is 12.6 Å². The van der Waals surface area contributed by atoms with Crippen LogP contribution in [0.25, 0.3) is 0 Å². The fourth-order valence-electron chi connectivity index (χ4n) is 1.36. The van der Waals surface area contributed by atoms with Crippen molar-refractivity contribution in [1.82, 2.24) is 10.3 Å². The summed E-state index contributed by atoms with van der Waals surface area (Å²) in [6, 6.07) is 1.99. The summed E-state index contributed by atoms with van der Waals surface area (Å²) in [5.41, 5.74) is 0.0490. The lowest BCUT2D eigenvalue weighted by molar-refractivity contribution is -0.530. The van der Waals surface area contributed by atoms with Crippen LogP contribution < -0.4 is 5.32 Å². The van der Waals surface area contributed by atoms with E-state index in [0.29, 0.717) is 5.69 Å². The van der Waals surface area contributed by atoms with Crippen molar-refractivity contribution in [1.29, 1.82) is 0 Å². The Hall–Kier alpha value is -1.96. The third kappa shape index (κ3) is 4.82. The molecule has 1 aromatic rings. The Morgan fingerprint density at radius 1 is 1.52 bits per heavy atom. The van der Waals surface area contributed by atoms with Crippen LogP contribution >= 0.6 is 12.6 Å². The summed E-state index contributed by atoms with van der Waals surface area (Å²) in [4.78, 5) is 25.5. The average Bonchev–Trinajstić information content (AvgIpc) is 2.82. The maximum atomic E-state index is 11.9. The molecule has 3 N–H and O–H groups in total. The van der Waals surface area contributed by atoms with Gasteiger partial charge in [0, 0.05) is 26.5 Å². The highest BCUT2D eigenvalue weighted by Gasteiger charge is 2.21. The van der Waals surface area contributed by atoms with Crippen molar-refractivity contribution in [2.24, 2.45) is 0 Å². The molecule has 1 rings (SSSR count). The van der Waals surface area contributed by atoms with Crippen molar-refractivity contribution < 1.29 is 19.4 Å². The lowest BCUT2D eigenvalue weighted by Crippen LogP contribution is -2.42. The van der Waals surface area contributed by atoms with E-state index in [4.69, 9.17) is 5.11 Å². The van der Waals surface area contributed by atoms with Gasteiger partial charge >= 0.3 is 5.97 Å². The zero-order chi connectivity index (χ0) is 16.2. The number of carboxylic acids is 1. The topological polar surface area (TPSA) is 108 Å². The van der Waals surface area contributed by atoms with E-state index in [9.17, 15) is 14.8 Å². The Kier molecular flexibility index (Phi) is 5.42. The van der Waals surface area contributed by atoms with Crippen molar-refractivity contribution >= 4 is 30.7 Å². The first-order valence-corrected chi connectivity index (χ1v) is 6.93. The number of carbonyl (C=O) groups is 2. The van der Waals surface area contributed by atoms with Crippen molar-refractivity contribution in [2.75, 3.05) is 5.75 Å². The minimum atomic E-state index is -1.16. The van der Waals surface area contributed by atoms with Crippen molar-refractivity contribution in [3.8, 4) is 0 Å². The molecule has 0 spiro atoms. The molecule has 0 aromatic carbocycles. The molecule has 1 aromatic heterocycles. The Morgan fingerprint density at radius 2 is 2.14 bits per heavy atom. The molecule has 0 aliphatic carbocycles. The van der Waals surface area contributed by atoms with Crippen LogP contribution in [0.4, 0.5) is 0 Å². The monoisotopic (exact) mass is 313 g/mol. The third-order valence-corrected chi connectivity index (χ3v) is 3.02. The van der Waals surface area contributed by atoms with E-state index in [2.05, 4.69) is 22.9 Å². The van der Waals surface area contributed by atoms with Gasteiger partial charge in [0.25, 0.3) is 5.91 Å². The number of hydrogen-bond acceptors (Lipinski definition) is 4. The molecule has 0 saturated carbocycles. The quantitative estimate of drug-likeness (QED) is 0.212. The van der Waals surface area contributed by atoms with Crippen molar-refractivity contribution in [3.05, 3.63) is 28.7 Å². The fourth-order valence-corrected chi connectivity index (χ4v) is 1.61. The number of nitrogens with zero attached hydrogens (tertiary/aromatic N) is 1. The number of aromatic nitrogens is 1. The zero-order valence-corrected chi connectivity index (χ0v) is 13.0. The first-order valence-electron chi connectivity index (χ1n) is 6.30. The Balaban J connectivity index is 2.84. The summed E-state index contributed by atoms with van der Waals surface area (Å²) in [5, 5.41) is 23.0. The van der Waals surface area contributed by atoms with Gasteiger partial charge in [0.1, 0.15) is 17.4 Å². The standard InChI is InChI=1S/C13H19N3O4S/c1-13(2,3)16(20)6-8-4-5-9(14-8)11(17)15-10(7-21)12(18)19/h4-6,10,14,21H,7H2,1-3H3,(H,15,17)(H,18,19)/b16-6+. The number of hydroxylamine groups is 1. The second-order valence-electron chi connectivity index (χ2n) is 5.50. The molecule has 0 bridgehead atoms. The fraction of sp³-hybridized carbons (Fsp3) is 0.462. The Bertz CT molecular complexity index is 560. The Labute approximate surface area is 128 Å². The molecule has 0 radical (unpaired) electrons. The van der Waals surface area contributed by atoms with Gasteiger partial charge in [0.2, 0.25) is 0 Å². The molecule has 1 heterocycles. The number of carbonyl (C=O) groups excluding carboxylic acids is 1. The van der Waals surface area contributed by atoms with E-state index in [1.807, 2.05) is 0 Å². The molecule has 0 aliphatic rings. The maximum absolute atomic E-state index is 11.9. The predicted octanol–water partition coefficient (Wildman–Crippen LogP) is 0.855. The molecule has 0 saturated heterocycles. The first-order chi connectivity index (χ1) is 9.65. The lowest BCUT2D eigenvalue weighted by Gasteiger charge is -2.18. The van der Waals surface area contributed by atoms with Crippen LogP contribution in [0.15, 0.2) is 12.1 Å². The third-order valence-electron chi connectivity index (χ3n) is 2.66. The van der Waals surface area contributed by atoms with E-state index in [-0.39, 0.29) is 11.4 Å². The smallest absolute Gasteiger partial charge is 0.327 e. The summed E-state index contributed by atoms with van der Waals surface area (Å²) < 4.78 is 0.772. The number of aliphatic carboxylic acids is 1. The highest BCUT2D eigenvalue weighted by atomic mass is 32.1. The average molecular weight is 313 g/mol. The summed E-state index contributed by atoms with van der Waals surface area (Å²) in [7, 11) is 0. The maximum Gasteiger partial charge on any atom is 0.327 e. The van der Waals surface area contributed by atoms with Crippen LogP contribution in [0.3, 0.4) is 0 Å². The van der Waals surface area contributed by atoms with E-state index >= 15 is 0 Å². The van der Waals surface area contributed by atoms with Gasteiger partial charge in [0.15, 0.2) is 11.8 Å². The number of hydrogen-bond donors (Lipinski definition) is 4. The molecule has 0 aliphatic heterocycles. The van der Waals surface area contributed by atoms with Gasteiger partial charge in [-0.05, 0) is 12.1 Å².